The highest BCUT2D eigenvalue weighted by atomic mass is 16.5. The van der Waals surface area contributed by atoms with Gasteiger partial charge in [0.15, 0.2) is 5.82 Å². The van der Waals surface area contributed by atoms with Gasteiger partial charge in [-0.1, -0.05) is 25.1 Å². The highest BCUT2D eigenvalue weighted by Gasteiger charge is 2.12. The summed E-state index contributed by atoms with van der Waals surface area (Å²) in [5, 5.41) is 6.87. The number of aromatic nitrogens is 3. The summed E-state index contributed by atoms with van der Waals surface area (Å²) in [5.74, 6) is 1.57. The fraction of sp³-hybridized carbons (Fsp3) is 0.500. The van der Waals surface area contributed by atoms with Crippen LogP contribution in [-0.2, 0) is 11.2 Å². The van der Waals surface area contributed by atoms with Gasteiger partial charge in [0.2, 0.25) is 11.8 Å². The second-order valence-electron chi connectivity index (χ2n) is 5.63. The summed E-state index contributed by atoms with van der Waals surface area (Å²) in [6.45, 7) is 5.98. The molecule has 2 heterocycles. The average molecular weight is 302 g/mol. The van der Waals surface area contributed by atoms with E-state index in [2.05, 4.69) is 20.4 Å². The topological polar surface area (TPSA) is 80.9 Å². The number of carbonyl (C=O) groups is 1. The molecular formula is C16H22N4O2. The SMILES string of the molecule is CC(C)c1noc(CCCC(=O)NC(C)c2cccnc2)n1. The van der Waals surface area contributed by atoms with Crippen LogP contribution in [0.25, 0.3) is 0 Å². The summed E-state index contributed by atoms with van der Waals surface area (Å²) in [6.07, 6.45) is 5.22. The van der Waals surface area contributed by atoms with Crippen molar-refractivity contribution in [3.05, 3.63) is 41.8 Å². The Balaban J connectivity index is 1.73. The number of hydrogen-bond donors (Lipinski definition) is 1. The van der Waals surface area contributed by atoms with Crippen LogP contribution in [0.3, 0.4) is 0 Å². The Morgan fingerprint density at radius 1 is 1.36 bits per heavy atom. The van der Waals surface area contributed by atoms with Gasteiger partial charge in [-0.3, -0.25) is 9.78 Å². The van der Waals surface area contributed by atoms with Gasteiger partial charge in [-0.25, -0.2) is 0 Å². The van der Waals surface area contributed by atoms with Crippen molar-refractivity contribution in [2.75, 3.05) is 0 Å². The van der Waals surface area contributed by atoms with E-state index in [0.29, 0.717) is 31.0 Å². The smallest absolute Gasteiger partial charge is 0.226 e. The molecule has 0 fully saturated rings. The van der Waals surface area contributed by atoms with E-state index >= 15 is 0 Å². The van der Waals surface area contributed by atoms with Gasteiger partial charge in [-0.2, -0.15) is 4.98 Å². The van der Waals surface area contributed by atoms with Crippen LogP contribution in [0.2, 0.25) is 0 Å². The highest BCUT2D eigenvalue weighted by molar-refractivity contribution is 5.76. The first-order valence-electron chi connectivity index (χ1n) is 7.58. The predicted octanol–water partition coefficient (Wildman–Crippen LogP) is 2.79. The molecule has 1 amide bonds. The van der Waals surface area contributed by atoms with Crippen molar-refractivity contribution in [2.45, 2.75) is 52.0 Å². The number of amides is 1. The fourth-order valence-electron chi connectivity index (χ4n) is 2.03. The monoisotopic (exact) mass is 302 g/mol. The predicted molar refractivity (Wildman–Crippen MR) is 82.1 cm³/mol. The molecule has 0 aliphatic heterocycles. The molecule has 2 aromatic rings. The first-order chi connectivity index (χ1) is 10.6. The van der Waals surface area contributed by atoms with Crippen molar-refractivity contribution in [1.29, 1.82) is 0 Å². The number of rotatable bonds is 7. The van der Waals surface area contributed by atoms with Crippen molar-refractivity contribution >= 4 is 5.91 Å². The molecule has 6 heteroatoms. The molecule has 118 valence electrons. The molecule has 1 atom stereocenters. The van der Waals surface area contributed by atoms with Crippen LogP contribution in [0, 0.1) is 0 Å². The van der Waals surface area contributed by atoms with E-state index < -0.39 is 0 Å². The summed E-state index contributed by atoms with van der Waals surface area (Å²) in [6, 6.07) is 3.76. The third kappa shape index (κ3) is 4.65. The Kier molecular flexibility index (Phi) is 5.63. The molecule has 0 bridgehead atoms. The Morgan fingerprint density at radius 2 is 2.18 bits per heavy atom. The maximum Gasteiger partial charge on any atom is 0.226 e. The number of carbonyl (C=O) groups excluding carboxylic acids is 1. The molecular weight excluding hydrogens is 280 g/mol. The van der Waals surface area contributed by atoms with Gasteiger partial charge < -0.3 is 9.84 Å². The zero-order valence-corrected chi connectivity index (χ0v) is 13.2. The Bertz CT molecular complexity index is 595. The lowest BCUT2D eigenvalue weighted by Gasteiger charge is -2.13. The molecule has 6 nitrogen and oxygen atoms in total. The molecule has 0 aliphatic carbocycles. The van der Waals surface area contributed by atoms with Crippen molar-refractivity contribution in [1.82, 2.24) is 20.4 Å². The maximum atomic E-state index is 11.9. The average Bonchev–Trinajstić information content (AvgIpc) is 2.97. The van der Waals surface area contributed by atoms with Crippen LogP contribution in [0.4, 0.5) is 0 Å². The Morgan fingerprint density at radius 3 is 2.82 bits per heavy atom. The fourth-order valence-corrected chi connectivity index (χ4v) is 2.03. The summed E-state index contributed by atoms with van der Waals surface area (Å²) >= 11 is 0. The molecule has 0 spiro atoms. The normalized spacial score (nSPS) is 12.4. The first kappa shape index (κ1) is 16.1. The summed E-state index contributed by atoms with van der Waals surface area (Å²) in [4.78, 5) is 20.3. The number of aryl methyl sites for hydroxylation is 1. The van der Waals surface area contributed by atoms with E-state index in [-0.39, 0.29) is 17.9 Å². The van der Waals surface area contributed by atoms with Crippen molar-refractivity contribution in [2.24, 2.45) is 0 Å². The van der Waals surface area contributed by atoms with Gasteiger partial charge in [-0.05, 0) is 25.0 Å². The van der Waals surface area contributed by atoms with Crippen molar-refractivity contribution < 1.29 is 9.32 Å². The van der Waals surface area contributed by atoms with Crippen LogP contribution < -0.4 is 5.32 Å². The minimum atomic E-state index is -0.0443. The minimum absolute atomic E-state index is 0.0138. The van der Waals surface area contributed by atoms with E-state index in [9.17, 15) is 4.79 Å². The molecule has 0 aliphatic rings. The molecule has 0 saturated heterocycles. The largest absolute Gasteiger partial charge is 0.350 e. The van der Waals surface area contributed by atoms with Crippen LogP contribution in [0.5, 0.6) is 0 Å². The molecule has 1 unspecified atom stereocenters. The molecule has 2 rings (SSSR count). The van der Waals surface area contributed by atoms with Gasteiger partial charge in [0.1, 0.15) is 0 Å². The maximum absolute atomic E-state index is 11.9. The second-order valence-corrected chi connectivity index (χ2v) is 5.63. The summed E-state index contributed by atoms with van der Waals surface area (Å²) in [7, 11) is 0. The molecule has 2 aromatic heterocycles. The van der Waals surface area contributed by atoms with E-state index in [0.717, 1.165) is 5.56 Å². The molecule has 0 saturated carbocycles. The quantitative estimate of drug-likeness (QED) is 0.850. The molecule has 0 radical (unpaired) electrons. The lowest BCUT2D eigenvalue weighted by Crippen LogP contribution is -2.26. The second kappa shape index (κ2) is 7.68. The van der Waals surface area contributed by atoms with Crippen LogP contribution in [0.15, 0.2) is 29.0 Å². The third-order valence-corrected chi connectivity index (χ3v) is 3.36. The van der Waals surface area contributed by atoms with E-state index in [4.69, 9.17) is 4.52 Å². The van der Waals surface area contributed by atoms with Crippen molar-refractivity contribution in [3.63, 3.8) is 0 Å². The van der Waals surface area contributed by atoms with E-state index in [1.807, 2.05) is 32.9 Å². The minimum Gasteiger partial charge on any atom is -0.350 e. The molecule has 0 aromatic carbocycles. The zero-order chi connectivity index (χ0) is 15.9. The van der Waals surface area contributed by atoms with Gasteiger partial charge in [0.25, 0.3) is 0 Å². The number of nitrogens with zero attached hydrogens (tertiary/aromatic N) is 3. The van der Waals surface area contributed by atoms with E-state index in [1.165, 1.54) is 0 Å². The third-order valence-electron chi connectivity index (χ3n) is 3.36. The Labute approximate surface area is 130 Å². The van der Waals surface area contributed by atoms with Crippen LogP contribution >= 0.6 is 0 Å². The summed E-state index contributed by atoms with van der Waals surface area (Å²) < 4.78 is 5.16. The van der Waals surface area contributed by atoms with Gasteiger partial charge in [-0.15, -0.1) is 0 Å². The van der Waals surface area contributed by atoms with Crippen molar-refractivity contribution in [3.8, 4) is 0 Å². The molecule has 1 N–H and O–H groups in total. The number of hydrogen-bond acceptors (Lipinski definition) is 5. The molecule has 22 heavy (non-hydrogen) atoms. The van der Waals surface area contributed by atoms with Gasteiger partial charge in [0, 0.05) is 31.2 Å². The standard InChI is InChI=1S/C16H22N4O2/c1-11(2)16-19-15(22-20-16)8-4-7-14(21)18-12(3)13-6-5-9-17-10-13/h5-6,9-12H,4,7-8H2,1-3H3,(H,18,21). The number of nitrogens with one attached hydrogen (secondary N) is 1. The lowest BCUT2D eigenvalue weighted by atomic mass is 10.1. The lowest BCUT2D eigenvalue weighted by molar-refractivity contribution is -0.121. The highest BCUT2D eigenvalue weighted by Crippen LogP contribution is 2.12. The number of pyridine rings is 1. The van der Waals surface area contributed by atoms with Gasteiger partial charge in [0.05, 0.1) is 6.04 Å². The van der Waals surface area contributed by atoms with E-state index in [1.54, 1.807) is 12.4 Å². The van der Waals surface area contributed by atoms with Crippen LogP contribution in [-0.4, -0.2) is 21.0 Å². The van der Waals surface area contributed by atoms with Crippen LogP contribution in [0.1, 0.15) is 62.9 Å². The van der Waals surface area contributed by atoms with Gasteiger partial charge >= 0.3 is 0 Å². The Hall–Kier alpha value is -2.24. The summed E-state index contributed by atoms with van der Waals surface area (Å²) in [5.41, 5.74) is 0.995. The first-order valence-corrected chi connectivity index (χ1v) is 7.58. The zero-order valence-electron chi connectivity index (χ0n) is 13.2.